The molecule has 2 aromatic heterocycles. The van der Waals surface area contributed by atoms with Gasteiger partial charge in [0.25, 0.3) is 0 Å². The van der Waals surface area contributed by atoms with E-state index in [1.807, 2.05) is 47.3 Å². The number of hydrogen-bond acceptors (Lipinski definition) is 6. The number of ether oxygens (including phenoxy) is 1. The third kappa shape index (κ3) is 4.08. The monoisotopic (exact) mass is 388 g/mol. The van der Waals surface area contributed by atoms with Gasteiger partial charge in [-0.25, -0.2) is 9.97 Å². The number of benzene rings is 1. The Kier molecular flexibility index (Phi) is 5.95. The molecule has 8 heteroatoms. The summed E-state index contributed by atoms with van der Waals surface area (Å²) in [7, 11) is 1.65. The molecule has 0 radical (unpaired) electrons. The van der Waals surface area contributed by atoms with Crippen molar-refractivity contribution in [1.82, 2.24) is 14.5 Å². The zero-order valence-corrected chi connectivity index (χ0v) is 16.5. The van der Waals surface area contributed by atoms with Gasteiger partial charge in [0, 0.05) is 42.7 Å². The highest BCUT2D eigenvalue weighted by molar-refractivity contribution is 7.98. The van der Waals surface area contributed by atoms with Crippen LogP contribution in [0.15, 0.2) is 47.2 Å². The quantitative estimate of drug-likeness (QED) is 0.573. The molecule has 3 rings (SSSR count). The first-order valence-electron chi connectivity index (χ1n) is 8.15. The summed E-state index contributed by atoms with van der Waals surface area (Å²) < 4.78 is 7.24. The Labute approximate surface area is 160 Å². The van der Waals surface area contributed by atoms with Gasteiger partial charge in [-0.1, -0.05) is 11.8 Å². The number of methoxy groups -OCH3 is 1. The van der Waals surface area contributed by atoms with E-state index >= 15 is 0 Å². The van der Waals surface area contributed by atoms with Crippen molar-refractivity contribution >= 4 is 34.1 Å². The van der Waals surface area contributed by atoms with Crippen molar-refractivity contribution in [3.63, 3.8) is 0 Å². The molecular formula is C18H20N4O2S2. The first-order valence-corrected chi connectivity index (χ1v) is 10.0. The third-order valence-corrected chi connectivity index (χ3v) is 5.69. The number of aromatic nitrogens is 3. The molecule has 26 heavy (non-hydrogen) atoms. The van der Waals surface area contributed by atoms with E-state index in [1.54, 1.807) is 36.9 Å². The maximum atomic E-state index is 11.6. The number of imidazole rings is 1. The Morgan fingerprint density at radius 2 is 2.12 bits per heavy atom. The van der Waals surface area contributed by atoms with Crippen LogP contribution in [0.3, 0.4) is 0 Å². The van der Waals surface area contributed by atoms with Crippen molar-refractivity contribution in [2.45, 2.75) is 24.8 Å². The minimum Gasteiger partial charge on any atom is -0.497 e. The number of nitrogens with zero attached hydrogens (tertiary/aromatic N) is 4. The summed E-state index contributed by atoms with van der Waals surface area (Å²) in [5.74, 6) is 1.53. The summed E-state index contributed by atoms with van der Waals surface area (Å²) in [6, 6.07) is 7.85. The van der Waals surface area contributed by atoms with E-state index < -0.39 is 0 Å². The molecule has 6 nitrogen and oxygen atoms in total. The van der Waals surface area contributed by atoms with Crippen molar-refractivity contribution in [2.75, 3.05) is 18.6 Å². The molecule has 1 amide bonds. The molecule has 0 saturated carbocycles. The molecule has 0 aliphatic heterocycles. The number of hydrogen-bond donors (Lipinski definition) is 0. The number of anilines is 1. The number of carbonyl (C=O) groups excluding carboxylic acids is 1. The molecule has 0 aliphatic carbocycles. The van der Waals surface area contributed by atoms with Gasteiger partial charge in [0.05, 0.1) is 12.8 Å². The van der Waals surface area contributed by atoms with Crippen LogP contribution in [0.4, 0.5) is 5.13 Å². The van der Waals surface area contributed by atoms with Crippen molar-refractivity contribution in [2.24, 2.45) is 0 Å². The van der Waals surface area contributed by atoms with Crippen LogP contribution in [0.5, 0.6) is 5.75 Å². The summed E-state index contributed by atoms with van der Waals surface area (Å²) >= 11 is 3.11. The molecule has 0 fully saturated rings. The SMILES string of the molecule is CCN(C(C)=O)c1nc(CSc2nccn2-c2ccc(OC)cc2)cs1. The number of thioether (sulfide) groups is 1. The smallest absolute Gasteiger partial charge is 0.225 e. The van der Waals surface area contributed by atoms with E-state index in [4.69, 9.17) is 4.74 Å². The van der Waals surface area contributed by atoms with Crippen LogP contribution >= 0.6 is 23.1 Å². The summed E-state index contributed by atoms with van der Waals surface area (Å²) in [6.07, 6.45) is 3.72. The largest absolute Gasteiger partial charge is 0.497 e. The topological polar surface area (TPSA) is 60.2 Å². The van der Waals surface area contributed by atoms with E-state index in [1.165, 1.54) is 11.3 Å². The van der Waals surface area contributed by atoms with Crippen LogP contribution < -0.4 is 9.64 Å². The average molecular weight is 389 g/mol. The van der Waals surface area contributed by atoms with Crippen molar-refractivity contribution in [3.8, 4) is 11.4 Å². The molecule has 0 atom stereocenters. The van der Waals surface area contributed by atoms with Gasteiger partial charge in [-0.15, -0.1) is 11.3 Å². The van der Waals surface area contributed by atoms with Crippen LogP contribution in [0.1, 0.15) is 19.5 Å². The van der Waals surface area contributed by atoms with E-state index in [0.29, 0.717) is 12.3 Å². The van der Waals surface area contributed by atoms with E-state index in [2.05, 4.69) is 9.97 Å². The fourth-order valence-corrected chi connectivity index (χ4v) is 4.36. The lowest BCUT2D eigenvalue weighted by Crippen LogP contribution is -2.27. The number of carbonyl (C=O) groups is 1. The maximum absolute atomic E-state index is 11.6. The second kappa shape index (κ2) is 8.37. The Morgan fingerprint density at radius 1 is 1.35 bits per heavy atom. The Hall–Kier alpha value is -2.32. The Bertz CT molecular complexity index is 873. The fraction of sp³-hybridized carbons (Fsp3) is 0.278. The highest BCUT2D eigenvalue weighted by Gasteiger charge is 2.14. The maximum Gasteiger partial charge on any atom is 0.225 e. The minimum absolute atomic E-state index is 0.0103. The first kappa shape index (κ1) is 18.5. The molecule has 136 valence electrons. The standard InChI is InChI=1S/C18H20N4O2S2/c1-4-21(13(2)23)18-20-14(12-26-18)11-25-17-19-9-10-22(17)15-5-7-16(24-3)8-6-15/h5-10,12H,4,11H2,1-3H3. The first-order chi connectivity index (χ1) is 12.6. The molecule has 0 saturated heterocycles. The normalized spacial score (nSPS) is 10.7. The van der Waals surface area contributed by atoms with Gasteiger partial charge in [-0.05, 0) is 31.2 Å². The van der Waals surface area contributed by atoms with Gasteiger partial charge >= 0.3 is 0 Å². The van der Waals surface area contributed by atoms with Crippen LogP contribution in [0.25, 0.3) is 5.69 Å². The van der Waals surface area contributed by atoms with E-state index in [-0.39, 0.29) is 5.91 Å². The van der Waals surface area contributed by atoms with Gasteiger partial charge in [0.1, 0.15) is 5.75 Å². The zero-order valence-electron chi connectivity index (χ0n) is 14.9. The Balaban J connectivity index is 1.70. The lowest BCUT2D eigenvalue weighted by molar-refractivity contribution is -0.116. The number of rotatable bonds is 7. The molecule has 0 N–H and O–H groups in total. The van der Waals surface area contributed by atoms with Crippen LogP contribution in [-0.4, -0.2) is 34.1 Å². The second-order valence-electron chi connectivity index (χ2n) is 5.45. The molecule has 0 spiro atoms. The molecule has 0 unspecified atom stereocenters. The van der Waals surface area contributed by atoms with Crippen LogP contribution in [0, 0.1) is 0 Å². The zero-order chi connectivity index (χ0) is 18.5. The number of thiazole rings is 1. The molecule has 1 aromatic carbocycles. The average Bonchev–Trinajstić information content (AvgIpc) is 3.30. The highest BCUT2D eigenvalue weighted by Crippen LogP contribution is 2.28. The van der Waals surface area contributed by atoms with Gasteiger partial charge in [0.15, 0.2) is 10.3 Å². The Morgan fingerprint density at radius 3 is 2.77 bits per heavy atom. The summed E-state index contributed by atoms with van der Waals surface area (Å²) in [4.78, 5) is 22.3. The number of amides is 1. The molecule has 2 heterocycles. The van der Waals surface area contributed by atoms with Crippen molar-refractivity contribution < 1.29 is 9.53 Å². The summed E-state index contributed by atoms with van der Waals surface area (Å²) in [6.45, 7) is 4.13. The second-order valence-corrected chi connectivity index (χ2v) is 7.23. The molecule has 3 aromatic rings. The molecule has 0 aliphatic rings. The summed E-state index contributed by atoms with van der Waals surface area (Å²) in [5, 5.41) is 3.63. The summed E-state index contributed by atoms with van der Waals surface area (Å²) in [5.41, 5.74) is 1.97. The third-order valence-electron chi connectivity index (χ3n) is 3.77. The minimum atomic E-state index is 0.0103. The van der Waals surface area contributed by atoms with Gasteiger partial charge in [-0.2, -0.15) is 0 Å². The van der Waals surface area contributed by atoms with Crippen molar-refractivity contribution in [3.05, 3.63) is 47.7 Å². The lowest BCUT2D eigenvalue weighted by atomic mass is 10.3. The van der Waals surface area contributed by atoms with Gasteiger partial charge < -0.3 is 4.74 Å². The highest BCUT2D eigenvalue weighted by atomic mass is 32.2. The fourth-order valence-electron chi connectivity index (χ4n) is 2.45. The van der Waals surface area contributed by atoms with E-state index in [9.17, 15) is 4.79 Å². The predicted molar refractivity (Wildman–Crippen MR) is 105 cm³/mol. The van der Waals surface area contributed by atoms with Gasteiger partial charge in [-0.3, -0.25) is 14.3 Å². The molecular weight excluding hydrogens is 368 g/mol. The van der Waals surface area contributed by atoms with Crippen LogP contribution in [0.2, 0.25) is 0 Å². The van der Waals surface area contributed by atoms with E-state index in [0.717, 1.165) is 27.4 Å². The van der Waals surface area contributed by atoms with Crippen LogP contribution in [-0.2, 0) is 10.5 Å². The van der Waals surface area contributed by atoms with Crippen molar-refractivity contribution in [1.29, 1.82) is 0 Å². The predicted octanol–water partition coefficient (Wildman–Crippen LogP) is 4.00. The van der Waals surface area contributed by atoms with Gasteiger partial charge in [0.2, 0.25) is 5.91 Å². The molecule has 0 bridgehead atoms. The lowest BCUT2D eigenvalue weighted by Gasteiger charge is -2.14.